The molecule has 1 amide bonds. The SMILES string of the molecule is Bc1cccc(C2(c3ccc(OC(F)(F)F)cc3)N=C(N)N(C)C2=O)c1. The van der Waals surface area contributed by atoms with Crippen LogP contribution in [0.1, 0.15) is 11.1 Å². The average Bonchev–Trinajstić information content (AvgIpc) is 2.79. The summed E-state index contributed by atoms with van der Waals surface area (Å²) in [6, 6.07) is 12.3. The Morgan fingerprint density at radius 3 is 2.31 bits per heavy atom. The van der Waals surface area contributed by atoms with Crippen molar-refractivity contribution in [3.8, 4) is 5.75 Å². The van der Waals surface area contributed by atoms with Crippen molar-refractivity contribution in [2.24, 2.45) is 10.7 Å². The number of carbonyl (C=O) groups is 1. The molecule has 0 fully saturated rings. The van der Waals surface area contributed by atoms with Gasteiger partial charge in [0.2, 0.25) is 0 Å². The summed E-state index contributed by atoms with van der Waals surface area (Å²) in [6.45, 7) is 0. The van der Waals surface area contributed by atoms with Crippen LogP contribution in [0, 0.1) is 0 Å². The Labute approximate surface area is 148 Å². The van der Waals surface area contributed by atoms with Crippen LogP contribution in [0.15, 0.2) is 53.5 Å². The summed E-state index contributed by atoms with van der Waals surface area (Å²) >= 11 is 0. The normalized spacial score (nSPS) is 20.2. The fraction of sp³-hybridized carbons (Fsp3) is 0.176. The minimum atomic E-state index is -4.79. The molecule has 1 aliphatic heterocycles. The van der Waals surface area contributed by atoms with Crippen LogP contribution in [-0.4, -0.2) is 38.0 Å². The van der Waals surface area contributed by atoms with Crippen molar-refractivity contribution in [2.75, 3.05) is 7.05 Å². The first-order valence-corrected chi connectivity index (χ1v) is 7.70. The second-order valence-electron chi connectivity index (χ2n) is 5.99. The number of hydrogen-bond donors (Lipinski definition) is 1. The number of rotatable bonds is 3. The lowest BCUT2D eigenvalue weighted by Crippen LogP contribution is -2.41. The number of nitrogens with two attached hydrogens (primary N) is 1. The zero-order chi connectivity index (χ0) is 19.1. The van der Waals surface area contributed by atoms with Crippen molar-refractivity contribution in [1.29, 1.82) is 0 Å². The molecule has 1 aliphatic rings. The predicted octanol–water partition coefficient (Wildman–Crippen LogP) is 0.874. The maximum absolute atomic E-state index is 13.0. The van der Waals surface area contributed by atoms with E-state index < -0.39 is 11.9 Å². The lowest BCUT2D eigenvalue weighted by atomic mass is 9.80. The van der Waals surface area contributed by atoms with Crippen molar-refractivity contribution in [2.45, 2.75) is 11.9 Å². The topological polar surface area (TPSA) is 67.9 Å². The van der Waals surface area contributed by atoms with Gasteiger partial charge in [0.25, 0.3) is 5.91 Å². The number of alkyl halides is 3. The Morgan fingerprint density at radius 1 is 1.15 bits per heavy atom. The van der Waals surface area contributed by atoms with Crippen LogP contribution in [0.4, 0.5) is 13.2 Å². The summed E-state index contributed by atoms with van der Waals surface area (Å²) in [5.74, 6) is -0.728. The van der Waals surface area contributed by atoms with Gasteiger partial charge in [-0.1, -0.05) is 41.9 Å². The molecule has 0 saturated heterocycles. The molecular formula is C17H15BF3N3O2. The lowest BCUT2D eigenvalue weighted by Gasteiger charge is -2.26. The van der Waals surface area contributed by atoms with Crippen molar-refractivity contribution >= 4 is 25.2 Å². The van der Waals surface area contributed by atoms with Crippen LogP contribution >= 0.6 is 0 Å². The molecule has 2 aromatic rings. The molecule has 3 rings (SSSR count). The number of guanidine groups is 1. The number of halogens is 3. The van der Waals surface area contributed by atoms with Crippen molar-refractivity contribution in [3.63, 3.8) is 0 Å². The number of benzene rings is 2. The summed E-state index contributed by atoms with van der Waals surface area (Å²) < 4.78 is 41.0. The maximum Gasteiger partial charge on any atom is 0.573 e. The van der Waals surface area contributed by atoms with Gasteiger partial charge in [0.15, 0.2) is 11.5 Å². The molecule has 0 spiro atoms. The van der Waals surface area contributed by atoms with E-state index in [4.69, 9.17) is 5.73 Å². The molecule has 0 aromatic heterocycles. The number of carbonyl (C=O) groups excluding carboxylic acids is 1. The summed E-state index contributed by atoms with van der Waals surface area (Å²) in [5, 5.41) is 0. The van der Waals surface area contributed by atoms with E-state index in [1.54, 1.807) is 18.2 Å². The predicted molar refractivity (Wildman–Crippen MR) is 92.9 cm³/mol. The number of hydrogen-bond acceptors (Lipinski definition) is 4. The first-order valence-electron chi connectivity index (χ1n) is 7.70. The number of likely N-dealkylation sites (N-methyl/N-ethyl adjacent to an activating group) is 1. The number of ether oxygens (including phenoxy) is 1. The number of aliphatic imine (C=N–C) groups is 1. The van der Waals surface area contributed by atoms with E-state index in [0.717, 1.165) is 17.6 Å². The second-order valence-corrected chi connectivity index (χ2v) is 5.99. The first kappa shape index (κ1) is 17.8. The highest BCUT2D eigenvalue weighted by molar-refractivity contribution is 6.32. The van der Waals surface area contributed by atoms with Gasteiger partial charge in [0.1, 0.15) is 13.6 Å². The van der Waals surface area contributed by atoms with Gasteiger partial charge in [0.05, 0.1) is 0 Å². The summed E-state index contributed by atoms with van der Waals surface area (Å²) in [7, 11) is 3.37. The van der Waals surface area contributed by atoms with Gasteiger partial charge in [-0.3, -0.25) is 9.69 Å². The van der Waals surface area contributed by atoms with Gasteiger partial charge in [-0.05, 0) is 23.3 Å². The summed E-state index contributed by atoms with van der Waals surface area (Å²) in [6.07, 6.45) is -4.79. The molecular weight excluding hydrogens is 346 g/mol. The molecule has 5 nitrogen and oxygen atoms in total. The van der Waals surface area contributed by atoms with Gasteiger partial charge >= 0.3 is 6.36 Å². The van der Waals surface area contributed by atoms with Crippen LogP contribution in [0.25, 0.3) is 0 Å². The highest BCUT2D eigenvalue weighted by atomic mass is 19.4. The summed E-state index contributed by atoms with van der Waals surface area (Å²) in [5.41, 5.74) is 6.30. The quantitative estimate of drug-likeness (QED) is 0.826. The van der Waals surface area contributed by atoms with E-state index in [9.17, 15) is 18.0 Å². The molecule has 1 atom stereocenters. The molecule has 0 bridgehead atoms. The minimum absolute atomic E-state index is 0.0344. The molecule has 1 unspecified atom stereocenters. The Morgan fingerprint density at radius 2 is 1.81 bits per heavy atom. The van der Waals surface area contributed by atoms with Gasteiger partial charge in [-0.25, -0.2) is 4.99 Å². The fourth-order valence-corrected chi connectivity index (χ4v) is 2.95. The third-order valence-electron chi connectivity index (χ3n) is 4.18. The Balaban J connectivity index is 2.13. The average molecular weight is 361 g/mol. The molecule has 26 heavy (non-hydrogen) atoms. The molecule has 0 saturated carbocycles. The zero-order valence-electron chi connectivity index (χ0n) is 14.0. The highest BCUT2D eigenvalue weighted by Crippen LogP contribution is 2.39. The largest absolute Gasteiger partial charge is 0.573 e. The monoisotopic (exact) mass is 361 g/mol. The number of nitrogens with zero attached hydrogens (tertiary/aromatic N) is 2. The molecule has 2 aromatic carbocycles. The number of amides is 1. The Kier molecular flexibility index (Phi) is 4.18. The Hall–Kier alpha value is -2.97. The second kappa shape index (κ2) is 6.08. The molecule has 0 aliphatic carbocycles. The fourth-order valence-electron chi connectivity index (χ4n) is 2.95. The first-order chi connectivity index (χ1) is 12.1. The van der Waals surface area contributed by atoms with E-state index in [2.05, 4.69) is 9.73 Å². The molecule has 134 valence electrons. The van der Waals surface area contributed by atoms with Crippen molar-refractivity contribution in [3.05, 3.63) is 59.7 Å². The highest BCUT2D eigenvalue weighted by Gasteiger charge is 2.49. The Bertz CT molecular complexity index is 884. The van der Waals surface area contributed by atoms with E-state index in [1.165, 1.54) is 24.1 Å². The molecule has 9 heteroatoms. The van der Waals surface area contributed by atoms with Crippen LogP contribution in [0.2, 0.25) is 0 Å². The maximum atomic E-state index is 13.0. The van der Waals surface area contributed by atoms with Crippen molar-refractivity contribution in [1.82, 2.24) is 4.90 Å². The molecule has 1 heterocycles. The third-order valence-corrected chi connectivity index (χ3v) is 4.18. The van der Waals surface area contributed by atoms with Gasteiger partial charge < -0.3 is 10.5 Å². The van der Waals surface area contributed by atoms with E-state index >= 15 is 0 Å². The third kappa shape index (κ3) is 3.00. The summed E-state index contributed by atoms with van der Waals surface area (Å²) in [4.78, 5) is 18.6. The zero-order valence-corrected chi connectivity index (χ0v) is 14.0. The lowest BCUT2D eigenvalue weighted by molar-refractivity contribution is -0.274. The van der Waals surface area contributed by atoms with Gasteiger partial charge in [0, 0.05) is 7.05 Å². The van der Waals surface area contributed by atoms with Crippen LogP contribution in [0.5, 0.6) is 5.75 Å². The van der Waals surface area contributed by atoms with Crippen LogP contribution < -0.4 is 15.9 Å². The standard InChI is InChI=1S/C17H15BF3N3O2/c1-24-14(25)16(23-15(24)22,11-3-2-4-12(18)9-11)10-5-7-13(8-6-10)26-17(19,20)21/h2-9H,18H2,1H3,(H2,22,23). The van der Waals surface area contributed by atoms with Crippen molar-refractivity contribution < 1.29 is 22.7 Å². The van der Waals surface area contributed by atoms with Crippen LogP contribution in [-0.2, 0) is 10.3 Å². The van der Waals surface area contributed by atoms with Crippen LogP contribution in [0.3, 0.4) is 0 Å². The van der Waals surface area contributed by atoms with Gasteiger partial charge in [-0.2, -0.15) is 0 Å². The van der Waals surface area contributed by atoms with E-state index in [-0.39, 0.29) is 17.6 Å². The van der Waals surface area contributed by atoms with E-state index in [1.807, 2.05) is 13.9 Å². The minimum Gasteiger partial charge on any atom is -0.406 e. The van der Waals surface area contributed by atoms with Gasteiger partial charge in [-0.15, -0.1) is 13.2 Å². The smallest absolute Gasteiger partial charge is 0.406 e. The molecule has 0 radical (unpaired) electrons. The van der Waals surface area contributed by atoms with E-state index in [0.29, 0.717) is 11.1 Å². The molecule has 2 N–H and O–H groups in total.